The molecule has 1 aliphatic carbocycles. The van der Waals surface area contributed by atoms with Crippen molar-refractivity contribution in [3.8, 4) is 85.5 Å². The van der Waals surface area contributed by atoms with Crippen molar-refractivity contribution in [1.82, 2.24) is 15.0 Å². The highest BCUT2D eigenvalue weighted by atomic mass is 16.6. The van der Waals surface area contributed by atoms with Crippen LogP contribution in [0.15, 0.2) is 194 Å². The van der Waals surface area contributed by atoms with E-state index in [-0.39, 0.29) is 0 Å². The van der Waals surface area contributed by atoms with Crippen LogP contribution in [0.5, 0.6) is 23.0 Å². The summed E-state index contributed by atoms with van der Waals surface area (Å²) in [6.07, 6.45) is 0. The molecule has 0 radical (unpaired) electrons. The minimum atomic E-state index is -0.552. The van der Waals surface area contributed by atoms with Crippen LogP contribution < -0.4 is 9.47 Å². The number of ether oxygens (including phenoxy) is 2. The molecule has 0 saturated carbocycles. The molecular weight excluding hydrogens is 725 g/mol. The van der Waals surface area contributed by atoms with E-state index in [4.69, 9.17) is 24.4 Å². The second kappa shape index (κ2) is 13.8. The van der Waals surface area contributed by atoms with Crippen LogP contribution in [0.1, 0.15) is 27.8 Å². The maximum atomic E-state index is 9.52. The van der Waals surface area contributed by atoms with Crippen LogP contribution >= 0.6 is 0 Å². The molecule has 11 rings (SSSR count). The van der Waals surface area contributed by atoms with E-state index in [0.29, 0.717) is 46.0 Å². The van der Waals surface area contributed by atoms with Gasteiger partial charge >= 0.3 is 0 Å². The van der Waals surface area contributed by atoms with Crippen LogP contribution in [-0.4, -0.2) is 15.0 Å². The molecule has 276 valence electrons. The summed E-state index contributed by atoms with van der Waals surface area (Å²) in [5.74, 6) is 4.09. The van der Waals surface area contributed by atoms with Gasteiger partial charge in [0.1, 0.15) is 0 Å². The number of hydrogen-bond acceptors (Lipinski definition) is 6. The maximum absolute atomic E-state index is 9.52. The van der Waals surface area contributed by atoms with Crippen molar-refractivity contribution in [2.24, 2.45) is 0 Å². The van der Waals surface area contributed by atoms with Gasteiger partial charge in [0.15, 0.2) is 40.5 Å². The quantitative estimate of drug-likeness (QED) is 0.168. The second-order valence-corrected chi connectivity index (χ2v) is 14.7. The summed E-state index contributed by atoms with van der Waals surface area (Å²) in [4.78, 5) is 15.0. The Labute approximate surface area is 341 Å². The Hall–Kier alpha value is -8.14. The first kappa shape index (κ1) is 34.1. The third-order valence-electron chi connectivity index (χ3n) is 11.3. The number of nitriles is 1. The standard InChI is InChI=1S/C53H32N4O2/c54-33-34-14-12-17-36(30-34)37-18-13-19-38(31-37)51-55-50(35-15-4-1-5-16-35)56-52(57-51)39-26-28-45-47(32-39)58-46-29-27-44-48(49(46)59-45)42-24-10-11-25-43(42)53(44,40-20-6-2-7-21-40)41-22-8-3-9-23-41/h1-32H. The first-order valence-corrected chi connectivity index (χ1v) is 19.5. The largest absolute Gasteiger partial charge is 0.449 e. The highest BCUT2D eigenvalue weighted by Crippen LogP contribution is 2.62. The van der Waals surface area contributed by atoms with E-state index in [2.05, 4.69) is 97.1 Å². The lowest BCUT2D eigenvalue weighted by atomic mass is 9.68. The fourth-order valence-corrected chi connectivity index (χ4v) is 8.66. The van der Waals surface area contributed by atoms with Crippen LogP contribution in [-0.2, 0) is 5.41 Å². The summed E-state index contributed by atoms with van der Waals surface area (Å²) in [7, 11) is 0. The van der Waals surface area contributed by atoms with Gasteiger partial charge in [-0.15, -0.1) is 0 Å². The molecule has 0 fully saturated rings. The summed E-state index contributed by atoms with van der Waals surface area (Å²) in [5, 5.41) is 9.52. The predicted molar refractivity (Wildman–Crippen MR) is 230 cm³/mol. The van der Waals surface area contributed by atoms with Crippen LogP contribution in [0.4, 0.5) is 0 Å². The number of rotatable bonds is 6. The van der Waals surface area contributed by atoms with Crippen molar-refractivity contribution in [3.05, 3.63) is 222 Å². The van der Waals surface area contributed by atoms with Gasteiger partial charge in [-0.2, -0.15) is 5.26 Å². The number of nitrogens with zero attached hydrogens (tertiary/aromatic N) is 4. The topological polar surface area (TPSA) is 80.9 Å². The molecule has 0 amide bonds. The van der Waals surface area contributed by atoms with Crippen LogP contribution in [0.2, 0.25) is 0 Å². The zero-order chi connectivity index (χ0) is 39.3. The van der Waals surface area contributed by atoms with Gasteiger partial charge in [0.2, 0.25) is 0 Å². The molecule has 6 heteroatoms. The molecule has 6 nitrogen and oxygen atoms in total. The molecule has 1 aromatic heterocycles. The third kappa shape index (κ3) is 5.60. The Morgan fingerprint density at radius 1 is 0.407 bits per heavy atom. The van der Waals surface area contributed by atoms with Gasteiger partial charge in [0.25, 0.3) is 0 Å². The molecule has 0 N–H and O–H groups in total. The number of benzene rings is 8. The van der Waals surface area contributed by atoms with Gasteiger partial charge in [-0.25, -0.2) is 15.0 Å². The van der Waals surface area contributed by atoms with E-state index in [0.717, 1.165) is 44.5 Å². The van der Waals surface area contributed by atoms with Gasteiger partial charge in [0.05, 0.1) is 17.0 Å². The Morgan fingerprint density at radius 2 is 0.966 bits per heavy atom. The first-order chi connectivity index (χ1) is 29.2. The minimum absolute atomic E-state index is 0.501. The summed E-state index contributed by atoms with van der Waals surface area (Å²) in [6.45, 7) is 0. The summed E-state index contributed by atoms with van der Waals surface area (Å²) in [6, 6.07) is 67.9. The van der Waals surface area contributed by atoms with E-state index < -0.39 is 5.41 Å². The molecule has 0 unspecified atom stereocenters. The third-order valence-corrected chi connectivity index (χ3v) is 11.3. The molecule has 2 heterocycles. The SMILES string of the molecule is N#Cc1cccc(-c2cccc(-c3nc(-c4ccccc4)nc(-c4ccc5c(c4)Oc4ccc6c(c4O5)-c4ccccc4C6(c4ccccc4)c4ccccc4)n3)c2)c1. The molecule has 0 bridgehead atoms. The summed E-state index contributed by atoms with van der Waals surface area (Å²) in [5.41, 5.74) is 11.3. The van der Waals surface area contributed by atoms with Crippen molar-refractivity contribution in [1.29, 1.82) is 5.26 Å². The average molecular weight is 757 g/mol. The first-order valence-electron chi connectivity index (χ1n) is 19.5. The van der Waals surface area contributed by atoms with Gasteiger partial charge in [0, 0.05) is 22.3 Å². The van der Waals surface area contributed by atoms with Crippen LogP contribution in [0.25, 0.3) is 56.4 Å². The van der Waals surface area contributed by atoms with Gasteiger partial charge in [-0.05, 0) is 81.4 Å². The summed E-state index contributed by atoms with van der Waals surface area (Å²) >= 11 is 0. The maximum Gasteiger partial charge on any atom is 0.178 e. The number of fused-ring (bicyclic) bond motifs is 6. The Balaban J connectivity index is 1.02. The lowest BCUT2D eigenvalue weighted by molar-refractivity contribution is 0.360. The molecule has 9 aromatic rings. The van der Waals surface area contributed by atoms with Gasteiger partial charge in [-0.1, -0.05) is 152 Å². The fourth-order valence-electron chi connectivity index (χ4n) is 8.66. The zero-order valence-corrected chi connectivity index (χ0v) is 31.6. The molecule has 0 atom stereocenters. The van der Waals surface area contributed by atoms with Crippen molar-refractivity contribution < 1.29 is 9.47 Å². The fraction of sp³-hybridized carbons (Fsp3) is 0.0189. The molecule has 2 aliphatic rings. The predicted octanol–water partition coefficient (Wildman–Crippen LogP) is 12.7. The van der Waals surface area contributed by atoms with Gasteiger partial charge in [-0.3, -0.25) is 0 Å². The lowest BCUT2D eigenvalue weighted by Gasteiger charge is -2.34. The molecule has 0 spiro atoms. The molecular formula is C53H32N4O2. The van der Waals surface area contributed by atoms with Gasteiger partial charge < -0.3 is 9.47 Å². The van der Waals surface area contributed by atoms with E-state index in [9.17, 15) is 5.26 Å². The smallest absolute Gasteiger partial charge is 0.178 e. The van der Waals surface area contributed by atoms with E-state index in [1.165, 1.54) is 16.7 Å². The number of hydrogen-bond donors (Lipinski definition) is 0. The normalized spacial score (nSPS) is 12.8. The van der Waals surface area contributed by atoms with E-state index in [1.807, 2.05) is 97.1 Å². The monoisotopic (exact) mass is 756 g/mol. The Morgan fingerprint density at radius 3 is 1.68 bits per heavy atom. The highest BCUT2D eigenvalue weighted by Gasteiger charge is 2.48. The van der Waals surface area contributed by atoms with Crippen molar-refractivity contribution in [2.45, 2.75) is 5.41 Å². The minimum Gasteiger partial charge on any atom is -0.449 e. The average Bonchev–Trinajstić information content (AvgIpc) is 3.63. The lowest BCUT2D eigenvalue weighted by Crippen LogP contribution is -2.28. The van der Waals surface area contributed by atoms with Crippen LogP contribution in [0, 0.1) is 11.3 Å². The highest BCUT2D eigenvalue weighted by molar-refractivity contribution is 5.92. The zero-order valence-electron chi connectivity index (χ0n) is 31.6. The van der Waals surface area contributed by atoms with E-state index >= 15 is 0 Å². The molecule has 8 aromatic carbocycles. The Bertz CT molecular complexity index is 3080. The van der Waals surface area contributed by atoms with Crippen molar-refractivity contribution >= 4 is 0 Å². The summed E-state index contributed by atoms with van der Waals surface area (Å²) < 4.78 is 13.6. The molecule has 59 heavy (non-hydrogen) atoms. The second-order valence-electron chi connectivity index (χ2n) is 14.7. The molecule has 0 saturated heterocycles. The van der Waals surface area contributed by atoms with E-state index in [1.54, 1.807) is 6.07 Å². The van der Waals surface area contributed by atoms with Crippen LogP contribution in [0.3, 0.4) is 0 Å². The van der Waals surface area contributed by atoms with Crippen molar-refractivity contribution in [3.63, 3.8) is 0 Å². The van der Waals surface area contributed by atoms with Crippen molar-refractivity contribution in [2.75, 3.05) is 0 Å². The number of aromatic nitrogens is 3. The Kier molecular flexibility index (Phi) is 7.99. The molecule has 1 aliphatic heterocycles.